The predicted octanol–water partition coefficient (Wildman–Crippen LogP) is 6.37. The number of ketones is 1. The molecule has 0 fully saturated rings. The summed E-state index contributed by atoms with van der Waals surface area (Å²) in [6.07, 6.45) is 0. The Balaban J connectivity index is 1.54. The third-order valence-corrected chi connectivity index (χ3v) is 5.52. The Bertz CT molecular complexity index is 1490. The molecular formula is C27H21NO5. The van der Waals surface area contributed by atoms with E-state index in [0.717, 1.165) is 10.9 Å². The van der Waals surface area contributed by atoms with Crippen molar-refractivity contribution in [3.8, 4) is 5.75 Å². The Morgan fingerprint density at radius 1 is 0.818 bits per heavy atom. The molecule has 5 aromatic rings. The van der Waals surface area contributed by atoms with E-state index in [4.69, 9.17) is 13.6 Å². The molecule has 0 saturated heterocycles. The summed E-state index contributed by atoms with van der Waals surface area (Å²) in [6.45, 7) is 4.26. The molecule has 0 aliphatic heterocycles. The van der Waals surface area contributed by atoms with Crippen molar-refractivity contribution in [2.45, 2.75) is 13.8 Å². The third-order valence-electron chi connectivity index (χ3n) is 5.52. The van der Waals surface area contributed by atoms with Gasteiger partial charge in [0.2, 0.25) is 5.78 Å². The van der Waals surface area contributed by atoms with Crippen LogP contribution in [0.1, 0.15) is 39.2 Å². The topological polar surface area (TPSA) is 81.7 Å². The van der Waals surface area contributed by atoms with Crippen molar-refractivity contribution in [2.75, 3.05) is 11.9 Å². The lowest BCUT2D eigenvalue weighted by molar-refractivity contribution is 0.0997. The minimum Gasteiger partial charge on any atom is -0.494 e. The lowest BCUT2D eigenvalue weighted by atomic mass is 10.1. The number of ether oxygens (including phenoxy) is 1. The summed E-state index contributed by atoms with van der Waals surface area (Å²) in [5, 5.41) is 4.36. The molecule has 5 rings (SSSR count). The average molecular weight is 439 g/mol. The maximum Gasteiger partial charge on any atom is 0.291 e. The predicted molar refractivity (Wildman–Crippen MR) is 126 cm³/mol. The number of carbonyl (C=O) groups is 2. The van der Waals surface area contributed by atoms with E-state index in [1.54, 1.807) is 36.4 Å². The molecule has 1 N–H and O–H groups in total. The number of rotatable bonds is 6. The molecule has 3 aromatic carbocycles. The number of carbonyl (C=O) groups excluding carboxylic acids is 2. The standard InChI is InChI=1S/C27H21NO5/c1-3-31-18-14-12-17(13-15-18)24(29)26-23(20-9-5-7-11-22(20)33-26)28-27(30)25-16(2)19-8-4-6-10-21(19)32-25/h4-15H,3H2,1-2H3,(H,28,30). The number of anilines is 1. The highest BCUT2D eigenvalue weighted by Gasteiger charge is 2.26. The summed E-state index contributed by atoms with van der Waals surface area (Å²) < 4.78 is 17.1. The molecule has 0 spiro atoms. The highest BCUT2D eigenvalue weighted by Crippen LogP contribution is 2.34. The number of hydrogen-bond acceptors (Lipinski definition) is 5. The van der Waals surface area contributed by atoms with Crippen LogP contribution in [-0.2, 0) is 0 Å². The minimum atomic E-state index is -0.448. The van der Waals surface area contributed by atoms with Crippen LogP contribution in [0.3, 0.4) is 0 Å². The lowest BCUT2D eigenvalue weighted by Gasteiger charge is -2.06. The van der Waals surface area contributed by atoms with Gasteiger partial charge in [-0.2, -0.15) is 0 Å². The van der Waals surface area contributed by atoms with E-state index in [2.05, 4.69) is 5.32 Å². The monoisotopic (exact) mass is 439 g/mol. The largest absolute Gasteiger partial charge is 0.494 e. The van der Waals surface area contributed by atoms with Crippen LogP contribution in [0.4, 0.5) is 5.69 Å². The van der Waals surface area contributed by atoms with E-state index in [1.165, 1.54) is 0 Å². The van der Waals surface area contributed by atoms with Crippen LogP contribution < -0.4 is 10.1 Å². The highest BCUT2D eigenvalue weighted by atomic mass is 16.5. The van der Waals surface area contributed by atoms with E-state index in [9.17, 15) is 9.59 Å². The van der Waals surface area contributed by atoms with Gasteiger partial charge in [0.15, 0.2) is 11.5 Å². The number of aryl methyl sites for hydroxylation is 1. The van der Waals surface area contributed by atoms with E-state index < -0.39 is 5.91 Å². The van der Waals surface area contributed by atoms with Gasteiger partial charge in [0, 0.05) is 21.9 Å². The maximum atomic E-state index is 13.3. The van der Waals surface area contributed by atoms with Gasteiger partial charge < -0.3 is 18.9 Å². The number of amides is 1. The number of furan rings is 2. The van der Waals surface area contributed by atoms with Crippen molar-refractivity contribution in [2.24, 2.45) is 0 Å². The van der Waals surface area contributed by atoms with Crippen LogP contribution in [-0.4, -0.2) is 18.3 Å². The van der Waals surface area contributed by atoms with Crippen LogP contribution in [0, 0.1) is 6.92 Å². The number of para-hydroxylation sites is 2. The molecule has 0 unspecified atom stereocenters. The van der Waals surface area contributed by atoms with Gasteiger partial charge in [-0.15, -0.1) is 0 Å². The lowest BCUT2D eigenvalue weighted by Crippen LogP contribution is -2.14. The quantitative estimate of drug-likeness (QED) is 0.311. The zero-order valence-electron chi connectivity index (χ0n) is 18.2. The van der Waals surface area contributed by atoms with Gasteiger partial charge in [0.25, 0.3) is 5.91 Å². The molecule has 164 valence electrons. The summed E-state index contributed by atoms with van der Waals surface area (Å²) in [5.41, 5.74) is 2.60. The van der Waals surface area contributed by atoms with Crippen molar-refractivity contribution in [1.29, 1.82) is 0 Å². The van der Waals surface area contributed by atoms with E-state index in [-0.39, 0.29) is 17.3 Å². The molecule has 0 radical (unpaired) electrons. The Kier molecular flexibility index (Phi) is 5.18. The van der Waals surface area contributed by atoms with Crippen molar-refractivity contribution < 1.29 is 23.2 Å². The molecule has 6 heteroatoms. The normalized spacial score (nSPS) is 11.1. The Morgan fingerprint density at radius 3 is 2.09 bits per heavy atom. The van der Waals surface area contributed by atoms with Crippen LogP contribution in [0.5, 0.6) is 5.75 Å². The van der Waals surface area contributed by atoms with Gasteiger partial charge in [0.05, 0.1) is 12.3 Å². The van der Waals surface area contributed by atoms with Gasteiger partial charge in [0.1, 0.15) is 16.9 Å². The Morgan fingerprint density at radius 2 is 1.42 bits per heavy atom. The first-order chi connectivity index (χ1) is 16.1. The SMILES string of the molecule is CCOc1ccc(C(=O)c2oc3ccccc3c2NC(=O)c2oc3ccccc3c2C)cc1. The number of benzene rings is 3. The summed E-state index contributed by atoms with van der Waals surface area (Å²) in [7, 11) is 0. The Labute approximate surface area is 189 Å². The molecule has 0 aliphatic carbocycles. The summed E-state index contributed by atoms with van der Waals surface area (Å²) >= 11 is 0. The molecule has 0 saturated carbocycles. The molecule has 6 nitrogen and oxygen atoms in total. The fourth-order valence-corrected chi connectivity index (χ4v) is 3.89. The molecule has 0 aliphatic rings. The molecule has 2 heterocycles. The first-order valence-corrected chi connectivity index (χ1v) is 10.7. The van der Waals surface area contributed by atoms with Gasteiger partial charge in [-0.1, -0.05) is 30.3 Å². The molecule has 0 bridgehead atoms. The molecular weight excluding hydrogens is 418 g/mol. The first-order valence-electron chi connectivity index (χ1n) is 10.7. The zero-order chi connectivity index (χ0) is 22.9. The third kappa shape index (κ3) is 3.65. The van der Waals surface area contributed by atoms with Crippen LogP contribution in [0.25, 0.3) is 21.9 Å². The van der Waals surface area contributed by atoms with Gasteiger partial charge in [-0.25, -0.2) is 0 Å². The second-order valence-electron chi connectivity index (χ2n) is 7.60. The molecule has 1 amide bonds. The van der Waals surface area contributed by atoms with E-state index >= 15 is 0 Å². The minimum absolute atomic E-state index is 0.0578. The Hall–Kier alpha value is -4.32. The summed E-state index contributed by atoms with van der Waals surface area (Å²) in [5.74, 6) is 0.137. The average Bonchev–Trinajstić information content (AvgIpc) is 3.37. The van der Waals surface area contributed by atoms with Crippen molar-refractivity contribution in [1.82, 2.24) is 0 Å². The zero-order valence-corrected chi connectivity index (χ0v) is 18.2. The number of hydrogen-bond donors (Lipinski definition) is 1. The van der Waals surface area contributed by atoms with Crippen LogP contribution in [0.15, 0.2) is 81.6 Å². The van der Waals surface area contributed by atoms with Crippen molar-refractivity contribution >= 4 is 39.3 Å². The van der Waals surface area contributed by atoms with Crippen LogP contribution in [0.2, 0.25) is 0 Å². The smallest absolute Gasteiger partial charge is 0.291 e. The first kappa shape index (κ1) is 20.6. The number of fused-ring (bicyclic) bond motifs is 2. The second-order valence-corrected chi connectivity index (χ2v) is 7.60. The fourth-order valence-electron chi connectivity index (χ4n) is 3.89. The maximum absolute atomic E-state index is 13.3. The summed E-state index contributed by atoms with van der Waals surface area (Å²) in [6, 6.07) is 21.5. The van der Waals surface area contributed by atoms with Crippen molar-refractivity contribution in [3.63, 3.8) is 0 Å². The van der Waals surface area contributed by atoms with Crippen molar-refractivity contribution in [3.05, 3.63) is 95.4 Å². The van der Waals surface area contributed by atoms with E-state index in [1.807, 2.05) is 50.2 Å². The highest BCUT2D eigenvalue weighted by molar-refractivity contribution is 6.19. The fraction of sp³-hybridized carbons (Fsp3) is 0.111. The van der Waals surface area contributed by atoms with Gasteiger partial charge in [-0.05, 0) is 56.3 Å². The number of nitrogens with one attached hydrogen (secondary N) is 1. The molecule has 0 atom stereocenters. The van der Waals surface area contributed by atoms with Crippen LogP contribution >= 0.6 is 0 Å². The van der Waals surface area contributed by atoms with E-state index in [0.29, 0.717) is 40.2 Å². The molecule has 2 aromatic heterocycles. The van der Waals surface area contributed by atoms with Gasteiger partial charge >= 0.3 is 0 Å². The summed E-state index contributed by atoms with van der Waals surface area (Å²) in [4.78, 5) is 26.5. The second kappa shape index (κ2) is 8.31. The van der Waals surface area contributed by atoms with Gasteiger partial charge in [-0.3, -0.25) is 9.59 Å². The molecule has 33 heavy (non-hydrogen) atoms.